The Balaban J connectivity index is 1.75. The zero-order chi connectivity index (χ0) is 23.3. The minimum atomic E-state index is -0.0627. The Morgan fingerprint density at radius 1 is 1.12 bits per heavy atom. The lowest BCUT2D eigenvalue weighted by molar-refractivity contribution is -0.113. The van der Waals surface area contributed by atoms with Crippen molar-refractivity contribution < 1.29 is 4.79 Å². The number of anilines is 1. The smallest absolute Gasteiger partial charge is 0.234 e. The van der Waals surface area contributed by atoms with E-state index in [4.69, 9.17) is 0 Å². The van der Waals surface area contributed by atoms with Crippen molar-refractivity contribution >= 4 is 23.4 Å². The summed E-state index contributed by atoms with van der Waals surface area (Å²) in [7, 11) is 0. The number of para-hydroxylation sites is 1. The third-order valence-corrected chi connectivity index (χ3v) is 6.19. The van der Waals surface area contributed by atoms with Crippen molar-refractivity contribution in [2.75, 3.05) is 11.1 Å². The number of nitrogens with zero attached hydrogens (tertiary/aromatic N) is 3. The third-order valence-electron chi connectivity index (χ3n) is 5.23. The molecule has 0 spiro atoms. The number of hydrogen-bond acceptors (Lipinski definition) is 4. The summed E-state index contributed by atoms with van der Waals surface area (Å²) in [6.45, 7) is 15.3. The largest absolute Gasteiger partial charge is 0.325 e. The topological polar surface area (TPSA) is 59.8 Å². The van der Waals surface area contributed by atoms with Crippen LogP contribution >= 0.6 is 11.8 Å². The van der Waals surface area contributed by atoms with Crippen LogP contribution in [0, 0.1) is 0 Å². The zero-order valence-electron chi connectivity index (χ0n) is 19.6. The molecular weight excluding hydrogens is 416 g/mol. The number of benzene rings is 2. The first kappa shape index (κ1) is 23.8. The number of carbonyl (C=O) groups is 1. The Hall–Kier alpha value is -2.86. The number of carbonyl (C=O) groups excluding carboxylic acids is 1. The van der Waals surface area contributed by atoms with Crippen LogP contribution in [0.25, 0.3) is 11.4 Å². The minimum Gasteiger partial charge on any atom is -0.325 e. The van der Waals surface area contributed by atoms with E-state index >= 15 is 0 Å². The quantitative estimate of drug-likeness (QED) is 0.325. The molecule has 2 aromatic carbocycles. The summed E-state index contributed by atoms with van der Waals surface area (Å²) in [6.07, 6.45) is 1.82. The highest BCUT2D eigenvalue weighted by molar-refractivity contribution is 7.99. The van der Waals surface area contributed by atoms with E-state index in [1.54, 1.807) is 0 Å². The van der Waals surface area contributed by atoms with Gasteiger partial charge < -0.3 is 5.32 Å². The van der Waals surface area contributed by atoms with Crippen molar-refractivity contribution in [2.45, 2.75) is 57.7 Å². The number of hydrogen-bond donors (Lipinski definition) is 1. The van der Waals surface area contributed by atoms with Gasteiger partial charge in [-0.2, -0.15) is 0 Å². The van der Waals surface area contributed by atoms with E-state index in [2.05, 4.69) is 81.0 Å². The molecule has 0 bridgehead atoms. The molecule has 6 heteroatoms. The monoisotopic (exact) mass is 448 g/mol. The Kier molecular flexibility index (Phi) is 7.56. The molecule has 3 rings (SSSR count). The first-order valence-corrected chi connectivity index (χ1v) is 11.9. The van der Waals surface area contributed by atoms with Crippen LogP contribution < -0.4 is 5.32 Å². The molecule has 168 valence electrons. The van der Waals surface area contributed by atoms with E-state index in [0.717, 1.165) is 22.6 Å². The lowest BCUT2D eigenvalue weighted by atomic mass is 9.87. The van der Waals surface area contributed by atoms with Gasteiger partial charge in [0.15, 0.2) is 11.0 Å². The van der Waals surface area contributed by atoms with Gasteiger partial charge in [-0.25, -0.2) is 0 Å². The SMILES string of the molecule is C=CCn1c(SCC(=O)Nc2ccccc2C(C)C)nnc1-c1ccc(C(C)(C)C)cc1. The molecule has 1 aromatic heterocycles. The maximum absolute atomic E-state index is 12.6. The van der Waals surface area contributed by atoms with E-state index in [1.807, 2.05) is 34.9 Å². The van der Waals surface area contributed by atoms with Crippen LogP contribution in [0.5, 0.6) is 0 Å². The van der Waals surface area contributed by atoms with E-state index in [0.29, 0.717) is 17.6 Å². The van der Waals surface area contributed by atoms with Crippen molar-refractivity contribution in [1.29, 1.82) is 0 Å². The van der Waals surface area contributed by atoms with Gasteiger partial charge in [0.25, 0.3) is 0 Å². The molecule has 5 nitrogen and oxygen atoms in total. The Bertz CT molecular complexity index is 1080. The fourth-order valence-corrected chi connectivity index (χ4v) is 4.20. The molecule has 0 radical (unpaired) electrons. The number of allylic oxidation sites excluding steroid dienone is 1. The summed E-state index contributed by atoms with van der Waals surface area (Å²) in [4.78, 5) is 12.6. The van der Waals surface area contributed by atoms with E-state index in [-0.39, 0.29) is 17.1 Å². The fourth-order valence-electron chi connectivity index (χ4n) is 3.45. The first-order chi connectivity index (χ1) is 15.2. The predicted molar refractivity (Wildman–Crippen MR) is 134 cm³/mol. The highest BCUT2D eigenvalue weighted by Gasteiger charge is 2.18. The molecule has 3 aromatic rings. The zero-order valence-corrected chi connectivity index (χ0v) is 20.4. The summed E-state index contributed by atoms with van der Waals surface area (Å²) in [5.74, 6) is 1.30. The van der Waals surface area contributed by atoms with Crippen LogP contribution in [0.15, 0.2) is 66.3 Å². The fraction of sp³-hybridized carbons (Fsp3) is 0.346. The van der Waals surface area contributed by atoms with E-state index in [9.17, 15) is 4.79 Å². The molecule has 0 atom stereocenters. The summed E-state index contributed by atoms with van der Waals surface area (Å²) in [5.41, 5.74) is 4.34. The van der Waals surface area contributed by atoms with Crippen LogP contribution in [-0.2, 0) is 16.8 Å². The number of nitrogens with one attached hydrogen (secondary N) is 1. The number of amides is 1. The van der Waals surface area contributed by atoms with Crippen LogP contribution in [0.3, 0.4) is 0 Å². The molecule has 0 unspecified atom stereocenters. The van der Waals surface area contributed by atoms with Crippen LogP contribution in [0.2, 0.25) is 0 Å². The first-order valence-electron chi connectivity index (χ1n) is 10.9. The molecule has 0 aliphatic carbocycles. The number of aromatic nitrogens is 3. The van der Waals surface area contributed by atoms with E-state index in [1.165, 1.54) is 17.3 Å². The van der Waals surface area contributed by atoms with Gasteiger partial charge in [-0.05, 0) is 28.5 Å². The highest BCUT2D eigenvalue weighted by Crippen LogP contribution is 2.28. The van der Waals surface area contributed by atoms with Gasteiger partial charge in [-0.15, -0.1) is 16.8 Å². The Morgan fingerprint density at radius 3 is 2.44 bits per heavy atom. The van der Waals surface area contributed by atoms with Gasteiger partial charge in [0, 0.05) is 17.8 Å². The van der Waals surface area contributed by atoms with Gasteiger partial charge in [-0.1, -0.05) is 94.9 Å². The summed E-state index contributed by atoms with van der Waals surface area (Å²) in [5, 5.41) is 12.5. The third kappa shape index (κ3) is 5.68. The molecular formula is C26H32N4OS. The molecule has 0 aliphatic rings. The van der Waals surface area contributed by atoms with Crippen LogP contribution in [0.1, 0.15) is 51.7 Å². The molecule has 0 saturated carbocycles. The molecule has 0 fully saturated rings. The molecule has 1 N–H and O–H groups in total. The lowest BCUT2D eigenvalue weighted by Crippen LogP contribution is -2.16. The highest BCUT2D eigenvalue weighted by atomic mass is 32.2. The van der Waals surface area contributed by atoms with Crippen molar-refractivity contribution in [3.8, 4) is 11.4 Å². The second-order valence-corrected chi connectivity index (χ2v) is 10.1. The standard InChI is InChI=1S/C26H32N4OS/c1-7-16-30-24(19-12-14-20(15-13-19)26(4,5)6)28-29-25(30)32-17-23(31)27-22-11-9-8-10-21(22)18(2)3/h7-15,18H,1,16-17H2,2-6H3,(H,27,31). The van der Waals surface area contributed by atoms with Crippen molar-refractivity contribution in [3.05, 3.63) is 72.3 Å². The summed E-state index contributed by atoms with van der Waals surface area (Å²) in [6, 6.07) is 16.3. The second-order valence-electron chi connectivity index (χ2n) is 9.11. The summed E-state index contributed by atoms with van der Waals surface area (Å²) < 4.78 is 2.00. The molecule has 0 aliphatic heterocycles. The van der Waals surface area contributed by atoms with Crippen molar-refractivity contribution in [2.24, 2.45) is 0 Å². The molecule has 1 amide bonds. The van der Waals surface area contributed by atoms with Crippen molar-refractivity contribution in [1.82, 2.24) is 14.8 Å². The molecule has 1 heterocycles. The van der Waals surface area contributed by atoms with Gasteiger partial charge in [0.1, 0.15) is 0 Å². The number of thioether (sulfide) groups is 1. The summed E-state index contributed by atoms with van der Waals surface area (Å²) >= 11 is 1.38. The number of rotatable bonds is 8. The maximum atomic E-state index is 12.6. The van der Waals surface area contributed by atoms with Crippen LogP contribution in [0.4, 0.5) is 5.69 Å². The Morgan fingerprint density at radius 2 is 1.81 bits per heavy atom. The van der Waals surface area contributed by atoms with Gasteiger partial charge in [-0.3, -0.25) is 9.36 Å². The predicted octanol–water partition coefficient (Wildman–Crippen LogP) is 6.28. The minimum absolute atomic E-state index is 0.0627. The van der Waals surface area contributed by atoms with Crippen LogP contribution in [-0.4, -0.2) is 26.4 Å². The molecule has 32 heavy (non-hydrogen) atoms. The molecule has 0 saturated heterocycles. The lowest BCUT2D eigenvalue weighted by Gasteiger charge is -2.19. The average molecular weight is 449 g/mol. The van der Waals surface area contributed by atoms with E-state index < -0.39 is 0 Å². The van der Waals surface area contributed by atoms with Crippen molar-refractivity contribution in [3.63, 3.8) is 0 Å². The second kappa shape index (κ2) is 10.2. The normalized spacial score (nSPS) is 11.6. The van der Waals surface area contributed by atoms with Gasteiger partial charge in [0.05, 0.1) is 5.75 Å². The Labute approximate surface area is 195 Å². The average Bonchev–Trinajstić information content (AvgIpc) is 3.15. The van der Waals surface area contributed by atoms with Gasteiger partial charge >= 0.3 is 0 Å². The van der Waals surface area contributed by atoms with Gasteiger partial charge in [0.2, 0.25) is 5.91 Å². The maximum Gasteiger partial charge on any atom is 0.234 e.